The van der Waals surface area contributed by atoms with Crippen molar-refractivity contribution in [2.45, 2.75) is 6.92 Å². The summed E-state index contributed by atoms with van der Waals surface area (Å²) in [7, 11) is 4.03. The Balaban J connectivity index is 3.02. The molecule has 0 spiro atoms. The lowest BCUT2D eigenvalue weighted by atomic mass is 10.6. The minimum atomic E-state index is -0.306. The van der Waals surface area contributed by atoms with Crippen molar-refractivity contribution in [3.63, 3.8) is 0 Å². The molecule has 0 atom stereocenters. The Morgan fingerprint density at radius 3 is 0.939 bits per heavy atom. The van der Waals surface area contributed by atoms with Crippen LogP contribution in [-0.4, -0.2) is 144 Å². The van der Waals surface area contributed by atoms with Crippen LogP contribution < -0.4 is 0 Å². The number of ether oxygens (including phenoxy) is 9. The van der Waals surface area contributed by atoms with Gasteiger partial charge in [0.05, 0.1) is 106 Å². The van der Waals surface area contributed by atoms with E-state index in [0.29, 0.717) is 99.1 Å². The summed E-state index contributed by atoms with van der Waals surface area (Å²) in [5.41, 5.74) is 0. The molecule has 0 amide bonds. The molecule has 0 rings (SSSR count). The fraction of sp³-hybridized carbons (Fsp3) is 0.955. The number of nitrogens with zero attached hydrogens (tertiary/aromatic N) is 1. The SMILES string of the molecule is CC(=O)OCCOCCOCCOCCOCCOCCOCCOCCOCCN(C)C. The van der Waals surface area contributed by atoms with Crippen molar-refractivity contribution in [1.82, 2.24) is 4.90 Å². The van der Waals surface area contributed by atoms with Crippen molar-refractivity contribution in [2.24, 2.45) is 0 Å². The monoisotopic (exact) mass is 483 g/mol. The number of carbonyl (C=O) groups excluding carboxylic acids is 1. The van der Waals surface area contributed by atoms with Gasteiger partial charge in [-0.25, -0.2) is 0 Å². The minimum absolute atomic E-state index is 0.265. The van der Waals surface area contributed by atoms with E-state index < -0.39 is 0 Å². The molecule has 0 aromatic heterocycles. The highest BCUT2D eigenvalue weighted by Gasteiger charge is 1.96. The molecule has 33 heavy (non-hydrogen) atoms. The van der Waals surface area contributed by atoms with Gasteiger partial charge in [0.25, 0.3) is 0 Å². The van der Waals surface area contributed by atoms with Crippen molar-refractivity contribution in [3.05, 3.63) is 0 Å². The standard InChI is InChI=1S/C22H45NO10/c1-22(24)33-21-20-32-19-18-31-17-16-30-15-14-29-13-12-28-11-10-27-9-8-26-7-6-25-5-4-23(2)3/h4-21H2,1-3H3. The predicted octanol–water partition coefficient (Wildman–Crippen LogP) is 0.244. The summed E-state index contributed by atoms with van der Waals surface area (Å²) in [6.07, 6.45) is 0. The average molecular weight is 484 g/mol. The maximum atomic E-state index is 10.5. The molecule has 0 heterocycles. The van der Waals surface area contributed by atoms with Crippen molar-refractivity contribution < 1.29 is 47.4 Å². The first-order chi connectivity index (χ1) is 16.1. The van der Waals surface area contributed by atoms with Gasteiger partial charge in [-0.1, -0.05) is 0 Å². The molecular weight excluding hydrogens is 438 g/mol. The quantitative estimate of drug-likeness (QED) is 0.119. The smallest absolute Gasteiger partial charge is 0.302 e. The highest BCUT2D eigenvalue weighted by molar-refractivity contribution is 5.65. The van der Waals surface area contributed by atoms with E-state index in [1.165, 1.54) is 6.92 Å². The van der Waals surface area contributed by atoms with Gasteiger partial charge in [0, 0.05) is 13.5 Å². The summed E-state index contributed by atoms with van der Waals surface area (Å²) < 4.78 is 47.9. The summed E-state index contributed by atoms with van der Waals surface area (Å²) >= 11 is 0. The maximum Gasteiger partial charge on any atom is 0.302 e. The highest BCUT2D eigenvalue weighted by atomic mass is 16.6. The zero-order chi connectivity index (χ0) is 24.2. The first kappa shape index (κ1) is 32.1. The van der Waals surface area contributed by atoms with Gasteiger partial charge >= 0.3 is 5.97 Å². The Bertz CT molecular complexity index is 401. The van der Waals surface area contributed by atoms with E-state index in [9.17, 15) is 4.79 Å². The average Bonchev–Trinajstić information content (AvgIpc) is 2.78. The van der Waals surface area contributed by atoms with Crippen molar-refractivity contribution in [3.8, 4) is 0 Å². The predicted molar refractivity (Wildman–Crippen MR) is 122 cm³/mol. The van der Waals surface area contributed by atoms with Gasteiger partial charge in [-0.3, -0.25) is 4.79 Å². The zero-order valence-electron chi connectivity index (χ0n) is 20.8. The Labute approximate surface area is 198 Å². The van der Waals surface area contributed by atoms with Crippen LogP contribution in [0.1, 0.15) is 6.92 Å². The lowest BCUT2D eigenvalue weighted by molar-refractivity contribution is -0.142. The third-order valence-electron chi connectivity index (χ3n) is 3.82. The molecule has 0 saturated heterocycles. The first-order valence-electron chi connectivity index (χ1n) is 11.5. The molecule has 0 bridgehead atoms. The molecular formula is C22H45NO10. The van der Waals surface area contributed by atoms with E-state index >= 15 is 0 Å². The Morgan fingerprint density at radius 1 is 0.455 bits per heavy atom. The summed E-state index contributed by atoms with van der Waals surface area (Å²) in [6.45, 7) is 10.9. The van der Waals surface area contributed by atoms with Crippen LogP contribution in [0, 0.1) is 0 Å². The minimum Gasteiger partial charge on any atom is -0.463 e. The zero-order valence-corrected chi connectivity index (χ0v) is 20.8. The van der Waals surface area contributed by atoms with Gasteiger partial charge in [-0.05, 0) is 14.1 Å². The summed E-state index contributed by atoms with van der Waals surface area (Å²) in [5, 5.41) is 0. The summed E-state index contributed by atoms with van der Waals surface area (Å²) in [6, 6.07) is 0. The molecule has 0 radical (unpaired) electrons. The second kappa shape index (κ2) is 27.4. The molecule has 0 unspecified atom stereocenters. The molecule has 0 saturated carbocycles. The maximum absolute atomic E-state index is 10.5. The van der Waals surface area contributed by atoms with Gasteiger partial charge in [0.2, 0.25) is 0 Å². The molecule has 0 aliphatic heterocycles. The fourth-order valence-corrected chi connectivity index (χ4v) is 2.13. The number of hydrogen-bond acceptors (Lipinski definition) is 11. The van der Waals surface area contributed by atoms with Gasteiger partial charge in [-0.2, -0.15) is 0 Å². The summed E-state index contributed by atoms with van der Waals surface area (Å²) in [4.78, 5) is 12.6. The topological polar surface area (TPSA) is 103 Å². The molecule has 11 heteroatoms. The lowest BCUT2D eigenvalue weighted by Gasteiger charge is -2.10. The summed E-state index contributed by atoms with van der Waals surface area (Å²) in [5.74, 6) is -0.306. The van der Waals surface area contributed by atoms with Crippen LogP contribution >= 0.6 is 0 Å². The van der Waals surface area contributed by atoms with E-state index in [4.69, 9.17) is 42.6 Å². The molecule has 0 N–H and O–H groups in total. The van der Waals surface area contributed by atoms with Gasteiger partial charge in [0.1, 0.15) is 6.61 Å². The van der Waals surface area contributed by atoms with Crippen LogP contribution in [0.25, 0.3) is 0 Å². The lowest BCUT2D eigenvalue weighted by Crippen LogP contribution is -2.19. The second-order valence-electron chi connectivity index (χ2n) is 7.04. The van der Waals surface area contributed by atoms with Crippen LogP contribution in [0.3, 0.4) is 0 Å². The Hall–Kier alpha value is -0.890. The molecule has 11 nitrogen and oxygen atoms in total. The van der Waals surface area contributed by atoms with Crippen LogP contribution in [0.2, 0.25) is 0 Å². The van der Waals surface area contributed by atoms with Crippen molar-refractivity contribution >= 4 is 5.97 Å². The Kier molecular flexibility index (Phi) is 26.6. The van der Waals surface area contributed by atoms with E-state index in [-0.39, 0.29) is 12.6 Å². The molecule has 0 aromatic rings. The normalized spacial score (nSPS) is 11.4. The van der Waals surface area contributed by atoms with E-state index in [0.717, 1.165) is 13.2 Å². The van der Waals surface area contributed by atoms with Crippen molar-refractivity contribution in [1.29, 1.82) is 0 Å². The van der Waals surface area contributed by atoms with Crippen LogP contribution in [0.5, 0.6) is 0 Å². The van der Waals surface area contributed by atoms with Crippen LogP contribution in [0.15, 0.2) is 0 Å². The molecule has 0 aliphatic carbocycles. The number of carbonyl (C=O) groups is 1. The highest BCUT2D eigenvalue weighted by Crippen LogP contribution is 1.86. The van der Waals surface area contributed by atoms with Crippen LogP contribution in [0.4, 0.5) is 0 Å². The van der Waals surface area contributed by atoms with Gasteiger partial charge in [-0.15, -0.1) is 0 Å². The third-order valence-corrected chi connectivity index (χ3v) is 3.82. The molecule has 198 valence electrons. The van der Waals surface area contributed by atoms with Gasteiger partial charge in [0.15, 0.2) is 0 Å². The van der Waals surface area contributed by atoms with Crippen molar-refractivity contribution in [2.75, 3.05) is 133 Å². The molecule has 0 aliphatic rings. The third kappa shape index (κ3) is 31.1. The number of likely N-dealkylation sites (N-methyl/N-ethyl adjacent to an activating group) is 1. The van der Waals surface area contributed by atoms with Gasteiger partial charge < -0.3 is 47.5 Å². The molecule has 0 aromatic carbocycles. The van der Waals surface area contributed by atoms with E-state index in [1.807, 2.05) is 14.1 Å². The van der Waals surface area contributed by atoms with E-state index in [2.05, 4.69) is 4.90 Å². The van der Waals surface area contributed by atoms with E-state index in [1.54, 1.807) is 0 Å². The van der Waals surface area contributed by atoms with Crippen LogP contribution in [-0.2, 0) is 47.4 Å². The second-order valence-corrected chi connectivity index (χ2v) is 7.04. The Morgan fingerprint density at radius 2 is 0.697 bits per heavy atom. The molecule has 0 fully saturated rings. The first-order valence-corrected chi connectivity index (χ1v) is 11.5. The fourth-order valence-electron chi connectivity index (χ4n) is 2.13. The number of hydrogen-bond donors (Lipinski definition) is 0. The number of esters is 1. The largest absolute Gasteiger partial charge is 0.463 e. The number of rotatable bonds is 27.